The van der Waals surface area contributed by atoms with Gasteiger partial charge >= 0.3 is 5.97 Å². The van der Waals surface area contributed by atoms with Crippen LogP contribution in [0.2, 0.25) is 0 Å². The summed E-state index contributed by atoms with van der Waals surface area (Å²) in [5, 5.41) is 25.3. The van der Waals surface area contributed by atoms with Crippen molar-refractivity contribution in [3.05, 3.63) is 99.2 Å². The van der Waals surface area contributed by atoms with Gasteiger partial charge in [-0.25, -0.2) is 10.2 Å². The number of carboxylic acids is 1. The lowest BCUT2D eigenvalue weighted by Crippen LogP contribution is -2.19. The molecule has 0 unspecified atom stereocenters. The molecule has 3 N–H and O–H groups in total. The first kappa shape index (κ1) is 21.4. The van der Waals surface area contributed by atoms with Crippen LogP contribution in [0.4, 0.5) is 5.69 Å². The number of aryl methyl sites for hydroxylation is 1. The minimum Gasteiger partial charge on any atom is -0.478 e. The van der Waals surface area contributed by atoms with Crippen molar-refractivity contribution >= 4 is 34.7 Å². The molecule has 1 amide bonds. The van der Waals surface area contributed by atoms with Gasteiger partial charge in [-0.3, -0.25) is 14.9 Å². The molecule has 0 aliphatic rings. The summed E-state index contributed by atoms with van der Waals surface area (Å²) < 4.78 is 0. The highest BCUT2D eigenvalue weighted by Gasteiger charge is 2.24. The Morgan fingerprint density at radius 1 is 1.09 bits per heavy atom. The predicted octanol–water partition coefficient (Wildman–Crippen LogP) is 4.51. The van der Waals surface area contributed by atoms with Gasteiger partial charge in [0.05, 0.1) is 16.7 Å². The molecule has 4 aromatic rings. The molecular weight excluding hydrogens is 424 g/mol. The van der Waals surface area contributed by atoms with Gasteiger partial charge in [-0.1, -0.05) is 48.5 Å². The van der Waals surface area contributed by atoms with Gasteiger partial charge in [0, 0.05) is 22.6 Å². The minimum absolute atomic E-state index is 0.0391. The number of hydrogen-bond acceptors (Lipinski definition) is 5. The highest BCUT2D eigenvalue weighted by molar-refractivity contribution is 6.12. The van der Waals surface area contributed by atoms with Crippen molar-refractivity contribution in [2.45, 2.75) is 6.92 Å². The van der Waals surface area contributed by atoms with E-state index in [1.165, 1.54) is 18.3 Å². The van der Waals surface area contributed by atoms with Crippen molar-refractivity contribution in [1.29, 1.82) is 0 Å². The number of amides is 1. The van der Waals surface area contributed by atoms with Crippen LogP contribution in [-0.4, -0.2) is 33.1 Å². The first-order chi connectivity index (χ1) is 15.9. The van der Waals surface area contributed by atoms with E-state index in [0.717, 1.165) is 0 Å². The molecule has 0 aliphatic carbocycles. The molecule has 0 saturated heterocycles. The second-order valence-electron chi connectivity index (χ2n) is 7.30. The van der Waals surface area contributed by atoms with Gasteiger partial charge in [0.2, 0.25) is 0 Å². The summed E-state index contributed by atoms with van der Waals surface area (Å²) >= 11 is 0. The number of benzene rings is 3. The maximum atomic E-state index is 13.0. The Kier molecular flexibility index (Phi) is 5.69. The standard InChI is InChI=1S/C24H18N4O5/c1-14-11-18-20(15-7-3-2-4-8-15)22(26-21(18)19(12-14)28(32)33)23(29)27-25-13-16-9-5-6-10-17(16)24(30)31/h2-13,26H,1H3,(H,27,29)(H,30,31)/b25-13-. The molecule has 9 heteroatoms. The van der Waals surface area contributed by atoms with E-state index >= 15 is 0 Å². The summed E-state index contributed by atoms with van der Waals surface area (Å²) in [6.07, 6.45) is 1.23. The van der Waals surface area contributed by atoms with Crippen molar-refractivity contribution < 1.29 is 19.6 Å². The molecule has 9 nitrogen and oxygen atoms in total. The topological polar surface area (TPSA) is 138 Å². The van der Waals surface area contributed by atoms with E-state index in [1.54, 1.807) is 55.5 Å². The molecule has 1 aromatic heterocycles. The third-order valence-corrected chi connectivity index (χ3v) is 5.08. The quantitative estimate of drug-likeness (QED) is 0.229. The number of nitrogens with zero attached hydrogens (tertiary/aromatic N) is 2. The minimum atomic E-state index is -1.12. The van der Waals surface area contributed by atoms with Crippen LogP contribution in [0.25, 0.3) is 22.0 Å². The van der Waals surface area contributed by atoms with Gasteiger partial charge in [0.15, 0.2) is 0 Å². The van der Waals surface area contributed by atoms with E-state index in [4.69, 9.17) is 0 Å². The predicted molar refractivity (Wildman–Crippen MR) is 124 cm³/mol. The van der Waals surface area contributed by atoms with Gasteiger partial charge in [0.25, 0.3) is 11.6 Å². The number of nitrogens with one attached hydrogen (secondary N) is 2. The monoisotopic (exact) mass is 442 g/mol. The molecule has 0 fully saturated rings. The first-order valence-corrected chi connectivity index (χ1v) is 9.88. The summed E-state index contributed by atoms with van der Waals surface area (Å²) in [5.74, 6) is -1.74. The normalized spacial score (nSPS) is 11.1. The van der Waals surface area contributed by atoms with E-state index in [0.29, 0.717) is 27.6 Å². The highest BCUT2D eigenvalue weighted by Crippen LogP contribution is 2.37. The number of nitro benzene ring substituents is 1. The van der Waals surface area contributed by atoms with Crippen molar-refractivity contribution in [2.75, 3.05) is 0 Å². The molecule has 0 radical (unpaired) electrons. The summed E-state index contributed by atoms with van der Waals surface area (Å²) in [6.45, 7) is 1.75. The van der Waals surface area contributed by atoms with E-state index < -0.39 is 16.8 Å². The number of fused-ring (bicyclic) bond motifs is 1. The highest BCUT2D eigenvalue weighted by atomic mass is 16.6. The lowest BCUT2D eigenvalue weighted by molar-refractivity contribution is -0.383. The summed E-state index contributed by atoms with van der Waals surface area (Å²) in [4.78, 5) is 38.4. The summed E-state index contributed by atoms with van der Waals surface area (Å²) in [7, 11) is 0. The van der Waals surface area contributed by atoms with Crippen LogP contribution in [-0.2, 0) is 0 Å². The number of hydrogen-bond donors (Lipinski definition) is 3. The first-order valence-electron chi connectivity index (χ1n) is 9.88. The molecule has 0 aliphatic heterocycles. The van der Waals surface area contributed by atoms with Gasteiger partial charge < -0.3 is 10.1 Å². The smallest absolute Gasteiger partial charge is 0.336 e. The molecule has 0 bridgehead atoms. The van der Waals surface area contributed by atoms with Crippen LogP contribution in [0.5, 0.6) is 0 Å². The molecular formula is C24H18N4O5. The van der Waals surface area contributed by atoms with Gasteiger partial charge in [-0.2, -0.15) is 5.10 Å². The molecule has 1 heterocycles. The van der Waals surface area contributed by atoms with Crippen molar-refractivity contribution in [2.24, 2.45) is 5.10 Å². The molecule has 164 valence electrons. The van der Waals surface area contributed by atoms with Crippen LogP contribution >= 0.6 is 0 Å². The number of nitro groups is 1. The van der Waals surface area contributed by atoms with E-state index in [9.17, 15) is 24.8 Å². The number of carbonyl (C=O) groups is 2. The average molecular weight is 442 g/mol. The number of carbonyl (C=O) groups excluding carboxylic acids is 1. The van der Waals surface area contributed by atoms with Gasteiger partial charge in [-0.05, 0) is 30.2 Å². The third kappa shape index (κ3) is 4.19. The van der Waals surface area contributed by atoms with Crippen molar-refractivity contribution in [1.82, 2.24) is 10.4 Å². The molecule has 0 saturated carbocycles. The van der Waals surface area contributed by atoms with E-state index in [-0.39, 0.29) is 22.5 Å². The Hall–Kier alpha value is -4.79. The zero-order valence-corrected chi connectivity index (χ0v) is 17.4. The number of carboxylic acid groups (broad SMARTS) is 1. The number of H-pyrrole nitrogens is 1. The second kappa shape index (κ2) is 8.75. The fourth-order valence-electron chi connectivity index (χ4n) is 3.66. The number of rotatable bonds is 6. The average Bonchev–Trinajstić information content (AvgIpc) is 3.18. The summed E-state index contributed by atoms with van der Waals surface area (Å²) in [6, 6.07) is 18.5. The molecule has 0 spiro atoms. The number of hydrazone groups is 1. The van der Waals surface area contributed by atoms with Crippen LogP contribution < -0.4 is 5.43 Å². The number of aromatic carboxylic acids is 1. The van der Waals surface area contributed by atoms with Gasteiger partial charge in [0.1, 0.15) is 11.2 Å². The maximum absolute atomic E-state index is 13.0. The van der Waals surface area contributed by atoms with Gasteiger partial charge in [-0.15, -0.1) is 0 Å². The van der Waals surface area contributed by atoms with E-state index in [2.05, 4.69) is 15.5 Å². The number of aromatic amines is 1. The second-order valence-corrected chi connectivity index (χ2v) is 7.30. The fraction of sp³-hybridized carbons (Fsp3) is 0.0417. The fourth-order valence-corrected chi connectivity index (χ4v) is 3.66. The zero-order valence-electron chi connectivity index (χ0n) is 17.4. The largest absolute Gasteiger partial charge is 0.478 e. The summed E-state index contributed by atoms with van der Waals surface area (Å²) in [5.41, 5.74) is 4.83. The van der Waals surface area contributed by atoms with Crippen molar-refractivity contribution in [3.8, 4) is 11.1 Å². The molecule has 0 atom stereocenters. The molecule has 3 aromatic carbocycles. The SMILES string of the molecule is Cc1cc([N+](=O)[O-])c2[nH]c(C(=O)N/N=C\c3ccccc3C(=O)O)c(-c3ccccc3)c2c1. The van der Waals surface area contributed by atoms with Crippen LogP contribution in [0.3, 0.4) is 0 Å². The Morgan fingerprint density at radius 3 is 2.48 bits per heavy atom. The van der Waals surface area contributed by atoms with Crippen LogP contribution in [0, 0.1) is 17.0 Å². The third-order valence-electron chi connectivity index (χ3n) is 5.08. The number of non-ortho nitro benzene ring substituents is 1. The van der Waals surface area contributed by atoms with E-state index in [1.807, 2.05) is 6.07 Å². The van der Waals surface area contributed by atoms with Crippen molar-refractivity contribution in [3.63, 3.8) is 0 Å². The maximum Gasteiger partial charge on any atom is 0.336 e. The Balaban J connectivity index is 1.79. The Morgan fingerprint density at radius 2 is 1.79 bits per heavy atom. The lowest BCUT2D eigenvalue weighted by Gasteiger charge is -2.05. The number of aromatic nitrogens is 1. The Bertz CT molecular complexity index is 1420. The zero-order chi connectivity index (χ0) is 23.5. The van der Waals surface area contributed by atoms with Crippen LogP contribution in [0.15, 0.2) is 71.8 Å². The molecule has 33 heavy (non-hydrogen) atoms. The molecule has 4 rings (SSSR count). The lowest BCUT2D eigenvalue weighted by atomic mass is 10.00. The Labute approximate surface area is 187 Å². The van der Waals surface area contributed by atoms with Crippen LogP contribution in [0.1, 0.15) is 32.0 Å².